The molecule has 3 aromatic heterocycles. The van der Waals surface area contributed by atoms with Gasteiger partial charge in [-0.15, -0.1) is 0 Å². The minimum atomic E-state index is -5.02. The zero-order valence-electron chi connectivity index (χ0n) is 45.3. The second kappa shape index (κ2) is 21.0. The van der Waals surface area contributed by atoms with Crippen molar-refractivity contribution in [2.75, 3.05) is 0 Å². The van der Waals surface area contributed by atoms with Gasteiger partial charge in [-0.25, -0.2) is 15.0 Å². The number of hydrogen-bond acceptors (Lipinski definition) is 7. The van der Waals surface area contributed by atoms with Gasteiger partial charge < -0.3 is 9.13 Å². The highest BCUT2D eigenvalue weighted by Crippen LogP contribution is 2.48. The molecule has 0 aliphatic heterocycles. The molecule has 0 saturated carbocycles. The van der Waals surface area contributed by atoms with E-state index in [-0.39, 0.29) is 22.8 Å². The van der Waals surface area contributed by atoms with Crippen molar-refractivity contribution in [3.8, 4) is 114 Å². The maximum absolute atomic E-state index is 17.4. The molecule has 3 heterocycles. The number of rotatable bonds is 9. The van der Waals surface area contributed by atoms with Gasteiger partial charge in [-0.2, -0.15) is 34.2 Å². The number of aromatic nitrogens is 5. The van der Waals surface area contributed by atoms with Crippen LogP contribution in [0, 0.1) is 45.3 Å². The predicted octanol–water partition coefficient (Wildman–Crippen LogP) is 18.2. The molecule has 86 heavy (non-hydrogen) atoms. The number of fused-ring (bicyclic) bond motifs is 6. The third-order valence-corrected chi connectivity index (χ3v) is 15.7. The van der Waals surface area contributed by atoms with Gasteiger partial charge in [-0.3, -0.25) is 0 Å². The fraction of sp³-hybridized carbons (Fsp3) is 0.0135. The smallest absolute Gasteiger partial charge is 0.309 e. The largest absolute Gasteiger partial charge is 0.420 e. The molecule has 9 nitrogen and oxygen atoms in total. The van der Waals surface area contributed by atoms with Gasteiger partial charge in [0.25, 0.3) is 0 Å². The lowest BCUT2D eigenvalue weighted by Crippen LogP contribution is -2.16. The maximum atomic E-state index is 17.4. The first kappa shape index (κ1) is 51.9. The van der Waals surface area contributed by atoms with E-state index in [4.69, 9.17) is 15.0 Å². The number of benzene rings is 11. The second-order valence-corrected chi connectivity index (χ2v) is 20.8. The molecule has 0 atom stereocenters. The van der Waals surface area contributed by atoms with Gasteiger partial charge in [-0.05, 0) is 154 Å². The Labute approximate surface area is 490 Å². The van der Waals surface area contributed by atoms with E-state index in [0.717, 1.165) is 44.5 Å². The summed E-state index contributed by atoms with van der Waals surface area (Å²) in [7, 11) is 0. The van der Waals surface area contributed by atoms with Crippen molar-refractivity contribution in [2.45, 2.75) is 6.18 Å². The van der Waals surface area contributed by atoms with Crippen molar-refractivity contribution in [3.63, 3.8) is 0 Å². The van der Waals surface area contributed by atoms with Crippen LogP contribution in [-0.4, -0.2) is 24.1 Å². The molecule has 14 aromatic rings. The highest BCUT2D eigenvalue weighted by atomic mass is 19.4. The number of hydrogen-bond donors (Lipinski definition) is 0. The van der Waals surface area contributed by atoms with Crippen molar-refractivity contribution in [2.24, 2.45) is 0 Å². The second-order valence-electron chi connectivity index (χ2n) is 20.8. The topological polar surface area (TPSA) is 144 Å². The summed E-state index contributed by atoms with van der Waals surface area (Å²) < 4.78 is 55.6. The molecule has 0 bridgehead atoms. The molecule has 0 saturated heterocycles. The summed E-state index contributed by atoms with van der Waals surface area (Å²) in [6, 6.07) is 82.1. The number of nitrogens with zero attached hydrogens (tertiary/aromatic N) is 9. The van der Waals surface area contributed by atoms with E-state index >= 15 is 13.2 Å². The van der Waals surface area contributed by atoms with Gasteiger partial charge >= 0.3 is 6.18 Å². The minimum absolute atomic E-state index is 0.132. The zero-order valence-corrected chi connectivity index (χ0v) is 45.3. The average Bonchev–Trinajstić information content (AvgIpc) is 1.56. The van der Waals surface area contributed by atoms with Crippen LogP contribution in [-0.2, 0) is 6.18 Å². The van der Waals surface area contributed by atoms with Gasteiger partial charge in [0.1, 0.15) is 5.56 Å². The third kappa shape index (κ3) is 9.19. The van der Waals surface area contributed by atoms with Crippen molar-refractivity contribution in [1.82, 2.24) is 24.1 Å². The highest BCUT2D eigenvalue weighted by Gasteiger charge is 2.40. The highest BCUT2D eigenvalue weighted by molar-refractivity contribution is 6.14. The molecule has 12 heteroatoms. The van der Waals surface area contributed by atoms with E-state index in [2.05, 4.69) is 24.3 Å². The fourth-order valence-electron chi connectivity index (χ4n) is 11.6. The minimum Gasteiger partial charge on any atom is -0.309 e. The summed E-state index contributed by atoms with van der Waals surface area (Å²) in [5.74, 6) is 0.776. The van der Waals surface area contributed by atoms with Gasteiger partial charge in [0.2, 0.25) is 0 Å². The van der Waals surface area contributed by atoms with Crippen molar-refractivity contribution in [1.29, 1.82) is 21.0 Å². The molecule has 0 radical (unpaired) electrons. The zero-order chi connectivity index (χ0) is 58.6. The number of halogens is 3. The maximum Gasteiger partial charge on any atom is 0.420 e. The lowest BCUT2D eigenvalue weighted by atomic mass is 9.99. The van der Waals surface area contributed by atoms with Crippen molar-refractivity contribution in [3.05, 3.63) is 270 Å². The molecular formula is C74H40F3N9. The van der Waals surface area contributed by atoms with Gasteiger partial charge in [0.15, 0.2) is 17.5 Å². The molecule has 0 aliphatic rings. The van der Waals surface area contributed by atoms with Crippen LogP contribution in [0.5, 0.6) is 0 Å². The monoisotopic (exact) mass is 1110 g/mol. The Morgan fingerprint density at radius 3 is 0.791 bits per heavy atom. The molecule has 0 aliphatic carbocycles. The van der Waals surface area contributed by atoms with Gasteiger partial charge in [0, 0.05) is 38.2 Å². The summed E-state index contributed by atoms with van der Waals surface area (Å²) in [4.78, 5) is 15.2. The first-order chi connectivity index (χ1) is 42.0. The average molecular weight is 1110 g/mol. The van der Waals surface area contributed by atoms with E-state index in [0.29, 0.717) is 88.6 Å². The first-order valence-electron chi connectivity index (χ1n) is 27.4. The summed E-state index contributed by atoms with van der Waals surface area (Å²) >= 11 is 0. The Hall–Kier alpha value is -12.2. The van der Waals surface area contributed by atoms with E-state index in [1.807, 2.05) is 182 Å². The summed E-state index contributed by atoms with van der Waals surface area (Å²) in [5.41, 5.74) is 10.6. The van der Waals surface area contributed by atoms with Gasteiger partial charge in [-0.1, -0.05) is 133 Å². The predicted molar refractivity (Wildman–Crippen MR) is 330 cm³/mol. The van der Waals surface area contributed by atoms with E-state index in [1.54, 1.807) is 57.7 Å². The molecule has 402 valence electrons. The molecule has 0 N–H and O–H groups in total. The molecule has 0 fully saturated rings. The summed E-state index contributed by atoms with van der Waals surface area (Å²) in [6.45, 7) is 0. The van der Waals surface area contributed by atoms with E-state index in [1.165, 1.54) is 12.1 Å². The quantitative estimate of drug-likeness (QED) is 0.140. The van der Waals surface area contributed by atoms with Crippen LogP contribution >= 0.6 is 0 Å². The van der Waals surface area contributed by atoms with Crippen LogP contribution in [0.3, 0.4) is 0 Å². The lowest BCUT2D eigenvalue weighted by Gasteiger charge is -2.23. The fourth-order valence-corrected chi connectivity index (χ4v) is 11.6. The molecule has 0 amide bonds. The molecule has 0 unspecified atom stereocenters. The molecule has 14 rings (SSSR count). The van der Waals surface area contributed by atoms with Crippen LogP contribution < -0.4 is 0 Å². The van der Waals surface area contributed by atoms with Crippen molar-refractivity contribution >= 4 is 43.6 Å². The number of alkyl halides is 3. The first-order valence-corrected chi connectivity index (χ1v) is 27.4. The Bertz CT molecular complexity index is 4670. The van der Waals surface area contributed by atoms with Crippen LogP contribution in [0.15, 0.2) is 243 Å². The lowest BCUT2D eigenvalue weighted by molar-refractivity contribution is -0.137. The summed E-state index contributed by atoms with van der Waals surface area (Å²) in [5, 5.41) is 41.3. The van der Waals surface area contributed by atoms with E-state index < -0.39 is 11.7 Å². The van der Waals surface area contributed by atoms with Crippen LogP contribution in [0.2, 0.25) is 0 Å². The van der Waals surface area contributed by atoms with Crippen LogP contribution in [0.1, 0.15) is 27.8 Å². The van der Waals surface area contributed by atoms with Crippen molar-refractivity contribution < 1.29 is 13.2 Å². The van der Waals surface area contributed by atoms with Crippen LogP contribution in [0.25, 0.3) is 134 Å². The SMILES string of the molecule is N#Cc1ccc(-c2ccc3c(c2)c2cc(-c4ccc(C#N)cc4)ccc2n3-c2cc(-c3nc(-c4ccccc4)nc(-c4ccccc4)n3)cc(-n3c4ccc(-c5ccc(C#N)cc5)cc4c4cc(-c5ccc(C#N)cc5)ccc43)c2C(F)(F)F)cc1. The third-order valence-electron chi connectivity index (χ3n) is 15.7. The van der Waals surface area contributed by atoms with Gasteiger partial charge in [0.05, 0.1) is 80.0 Å². The molecular weight excluding hydrogens is 1070 g/mol. The standard InChI is InChI=1S/C74H40F3N9/c75-74(76,77)70-68(85-64-31-27-55(49-19-11-45(41-78)12-20-49)35-60(64)61-36-56(28-32-65(61)85)50-21-13-46(42-79)14-22-50)39-59(73-83-71(53-7-3-1-4-8-53)82-72(84-73)54-9-5-2-6-10-54)40-69(70)86-66-33-29-57(51-23-15-47(43-80)16-24-51)37-62(66)63-38-58(30-34-67(63)86)52-25-17-48(44-81)18-26-52/h1-40H. The Kier molecular flexibility index (Phi) is 12.6. The normalized spacial score (nSPS) is 11.4. The summed E-state index contributed by atoms with van der Waals surface area (Å²) in [6.07, 6.45) is -5.02. The molecule has 0 spiro atoms. The Morgan fingerprint density at radius 1 is 0.279 bits per heavy atom. The van der Waals surface area contributed by atoms with Crippen LogP contribution in [0.4, 0.5) is 13.2 Å². The Morgan fingerprint density at radius 2 is 0.535 bits per heavy atom. The molecule has 11 aromatic carbocycles. The van der Waals surface area contributed by atoms with E-state index in [9.17, 15) is 21.0 Å². The Balaban J connectivity index is 1.11. The number of nitriles is 4.